The first-order valence-corrected chi connectivity index (χ1v) is 8.83. The molecule has 0 aromatic carbocycles. The number of ether oxygens (including phenoxy) is 1. The van der Waals surface area contributed by atoms with Crippen LogP contribution in [0.25, 0.3) is 0 Å². The third-order valence-electron chi connectivity index (χ3n) is 5.04. The monoisotopic (exact) mass is 411 g/mol. The van der Waals surface area contributed by atoms with Gasteiger partial charge in [-0.1, -0.05) is 0 Å². The molecule has 0 aromatic rings. The highest BCUT2D eigenvalue weighted by Gasteiger charge is 2.51. The molecule has 0 saturated carbocycles. The quantitative estimate of drug-likeness (QED) is 0.469. The van der Waals surface area contributed by atoms with Gasteiger partial charge in [-0.25, -0.2) is 4.79 Å². The molecule has 0 bridgehead atoms. The van der Waals surface area contributed by atoms with Gasteiger partial charge in [-0.15, -0.1) is 0 Å². The number of carboxylic acid groups (broad SMARTS) is 1. The molecule has 28 heavy (non-hydrogen) atoms. The van der Waals surface area contributed by atoms with Crippen LogP contribution < -0.4 is 11.1 Å². The second-order valence-corrected chi connectivity index (χ2v) is 7.46. The van der Waals surface area contributed by atoms with Crippen LogP contribution in [0.3, 0.4) is 0 Å². The van der Waals surface area contributed by atoms with Crippen molar-refractivity contribution in [3.8, 4) is 0 Å². The number of rotatable bonds is 4. The van der Waals surface area contributed by atoms with Gasteiger partial charge in [-0.3, -0.25) is 9.59 Å². The normalized spacial score (nSPS) is 25.4. The van der Waals surface area contributed by atoms with Crippen LogP contribution in [0.4, 0.5) is 13.2 Å². The fourth-order valence-corrected chi connectivity index (χ4v) is 3.38. The van der Waals surface area contributed by atoms with Crippen molar-refractivity contribution in [2.24, 2.45) is 17.1 Å². The Hall–Kier alpha value is -1.92. The van der Waals surface area contributed by atoms with Crippen molar-refractivity contribution in [2.45, 2.75) is 37.6 Å². The lowest BCUT2D eigenvalue weighted by Crippen LogP contribution is -2.69. The Labute approximate surface area is 159 Å². The number of amides is 2. The summed E-state index contributed by atoms with van der Waals surface area (Å²) in [5.41, 5.74) is 6.07. The molecule has 1 spiro atoms. The van der Waals surface area contributed by atoms with Gasteiger partial charge in [0.15, 0.2) is 0 Å². The number of aliphatic hydroxyl groups excluding tert-OH is 1. The maximum atomic E-state index is 12.2. The van der Waals surface area contributed by atoms with E-state index in [9.17, 15) is 27.9 Å². The molecular formula is C16H24F3N3O6. The van der Waals surface area contributed by atoms with E-state index in [1.807, 2.05) is 0 Å². The number of hydrogen-bond donors (Lipinski definition) is 4. The van der Waals surface area contributed by atoms with E-state index in [1.54, 1.807) is 4.90 Å². The van der Waals surface area contributed by atoms with Crippen LogP contribution in [0, 0.1) is 11.3 Å². The van der Waals surface area contributed by atoms with Crippen molar-refractivity contribution in [1.29, 1.82) is 0 Å². The third-order valence-corrected chi connectivity index (χ3v) is 5.04. The molecule has 0 aliphatic carbocycles. The van der Waals surface area contributed by atoms with E-state index >= 15 is 0 Å². The number of halogens is 3. The average molecular weight is 411 g/mol. The van der Waals surface area contributed by atoms with E-state index in [0.29, 0.717) is 39.3 Å². The molecule has 3 heterocycles. The lowest BCUT2D eigenvalue weighted by atomic mass is 9.77. The van der Waals surface area contributed by atoms with Gasteiger partial charge in [-0.2, -0.15) is 13.2 Å². The van der Waals surface area contributed by atoms with Crippen LogP contribution in [0.15, 0.2) is 0 Å². The standard InChI is InChI=1S/C14H23N3O4.C2HF3O2/c15-10(4-9-2-1-3-16-12(9)19)11(18)13(20)17-5-14(6-17)7-21-8-14;3-2(4,5)1(6)7/h9-11,18H,1-8,15H2,(H,16,19);(H,6,7)/t9-,10-,11?;/m0./s1. The van der Waals surface area contributed by atoms with Gasteiger partial charge < -0.3 is 30.9 Å². The van der Waals surface area contributed by atoms with E-state index in [0.717, 1.165) is 12.8 Å². The van der Waals surface area contributed by atoms with E-state index in [4.69, 9.17) is 20.4 Å². The van der Waals surface area contributed by atoms with Crippen LogP contribution >= 0.6 is 0 Å². The summed E-state index contributed by atoms with van der Waals surface area (Å²) in [5.74, 6) is -3.30. The van der Waals surface area contributed by atoms with E-state index < -0.39 is 24.3 Å². The van der Waals surface area contributed by atoms with Gasteiger partial charge in [0, 0.05) is 31.6 Å². The molecular weight excluding hydrogens is 387 g/mol. The second kappa shape index (κ2) is 8.62. The number of nitrogens with zero attached hydrogens (tertiary/aromatic N) is 1. The van der Waals surface area contributed by atoms with Crippen LogP contribution in [0.1, 0.15) is 19.3 Å². The Morgan fingerprint density at radius 3 is 2.36 bits per heavy atom. The number of carboxylic acids is 1. The molecule has 3 rings (SSSR count). The Bertz CT molecular complexity index is 603. The average Bonchev–Trinajstić information content (AvgIpc) is 2.53. The molecule has 160 valence electrons. The fourth-order valence-electron chi connectivity index (χ4n) is 3.38. The number of carbonyl (C=O) groups is 3. The van der Waals surface area contributed by atoms with Gasteiger partial charge in [0.05, 0.1) is 18.6 Å². The third kappa shape index (κ3) is 5.32. The topological polar surface area (TPSA) is 142 Å². The highest BCUT2D eigenvalue weighted by atomic mass is 19.4. The van der Waals surface area contributed by atoms with Crippen LogP contribution in [-0.2, 0) is 19.1 Å². The van der Waals surface area contributed by atoms with Gasteiger partial charge in [0.25, 0.3) is 5.91 Å². The minimum absolute atomic E-state index is 0.0223. The van der Waals surface area contributed by atoms with Gasteiger partial charge in [0.1, 0.15) is 6.10 Å². The lowest BCUT2D eigenvalue weighted by molar-refractivity contribution is -0.200. The second-order valence-electron chi connectivity index (χ2n) is 7.46. The molecule has 0 radical (unpaired) electrons. The first kappa shape index (κ1) is 22.4. The molecule has 2 amide bonds. The number of hydrogen-bond acceptors (Lipinski definition) is 6. The van der Waals surface area contributed by atoms with Crippen molar-refractivity contribution >= 4 is 17.8 Å². The zero-order valence-corrected chi connectivity index (χ0v) is 15.1. The fraction of sp³-hybridized carbons (Fsp3) is 0.812. The van der Waals surface area contributed by atoms with Crippen molar-refractivity contribution in [1.82, 2.24) is 10.2 Å². The predicted octanol–water partition coefficient (Wildman–Crippen LogP) is -0.917. The summed E-state index contributed by atoms with van der Waals surface area (Å²) in [7, 11) is 0. The van der Waals surface area contributed by atoms with Crippen LogP contribution in [-0.4, -0.2) is 84.1 Å². The summed E-state index contributed by atoms with van der Waals surface area (Å²) in [6.07, 6.45) is -4.27. The number of carbonyl (C=O) groups excluding carboxylic acids is 2. The molecule has 0 aromatic heterocycles. The smallest absolute Gasteiger partial charge is 0.475 e. The molecule has 5 N–H and O–H groups in total. The number of nitrogens with one attached hydrogen (secondary N) is 1. The summed E-state index contributed by atoms with van der Waals surface area (Å²) in [6.45, 7) is 3.37. The minimum Gasteiger partial charge on any atom is -0.475 e. The molecule has 3 fully saturated rings. The first-order chi connectivity index (χ1) is 12.9. The SMILES string of the molecule is N[C@@H](C[C@@H]1CCCNC1=O)C(O)C(=O)N1CC2(COC2)C1.O=C(O)C(F)(F)F. The molecule has 3 aliphatic heterocycles. The Balaban J connectivity index is 0.000000345. The van der Waals surface area contributed by atoms with Crippen molar-refractivity contribution in [3.05, 3.63) is 0 Å². The van der Waals surface area contributed by atoms with Crippen LogP contribution in [0.2, 0.25) is 0 Å². The Morgan fingerprint density at radius 2 is 1.93 bits per heavy atom. The summed E-state index contributed by atoms with van der Waals surface area (Å²) in [6, 6.07) is -0.694. The highest BCUT2D eigenvalue weighted by Crippen LogP contribution is 2.37. The number of alkyl halides is 3. The summed E-state index contributed by atoms with van der Waals surface area (Å²) in [4.78, 5) is 34.4. The number of aliphatic carboxylic acids is 1. The molecule has 1 unspecified atom stereocenters. The van der Waals surface area contributed by atoms with E-state index in [-0.39, 0.29) is 23.1 Å². The highest BCUT2D eigenvalue weighted by molar-refractivity contribution is 5.83. The zero-order valence-electron chi connectivity index (χ0n) is 15.1. The zero-order chi connectivity index (χ0) is 21.1. The molecule has 9 nitrogen and oxygen atoms in total. The van der Waals surface area contributed by atoms with Crippen molar-refractivity contribution in [2.75, 3.05) is 32.8 Å². The van der Waals surface area contributed by atoms with E-state index in [1.165, 1.54) is 0 Å². The lowest BCUT2D eigenvalue weighted by Gasteiger charge is -2.55. The summed E-state index contributed by atoms with van der Waals surface area (Å²) < 4.78 is 36.9. The maximum absolute atomic E-state index is 12.2. The number of likely N-dealkylation sites (tertiary alicyclic amines) is 1. The summed E-state index contributed by atoms with van der Waals surface area (Å²) in [5, 5.41) is 20.0. The van der Waals surface area contributed by atoms with Crippen LogP contribution in [0.5, 0.6) is 0 Å². The molecule has 3 atom stereocenters. The minimum atomic E-state index is -5.08. The van der Waals surface area contributed by atoms with Crippen molar-refractivity contribution < 1.29 is 42.5 Å². The maximum Gasteiger partial charge on any atom is 0.490 e. The largest absolute Gasteiger partial charge is 0.490 e. The van der Waals surface area contributed by atoms with Crippen molar-refractivity contribution in [3.63, 3.8) is 0 Å². The van der Waals surface area contributed by atoms with E-state index in [2.05, 4.69) is 5.32 Å². The van der Waals surface area contributed by atoms with Gasteiger partial charge >= 0.3 is 12.1 Å². The molecule has 3 aliphatic rings. The van der Waals surface area contributed by atoms with Gasteiger partial charge in [0.2, 0.25) is 5.91 Å². The molecule has 12 heteroatoms. The first-order valence-electron chi connectivity index (χ1n) is 8.83. The summed E-state index contributed by atoms with van der Waals surface area (Å²) >= 11 is 0. The predicted molar refractivity (Wildman–Crippen MR) is 87.9 cm³/mol. The Morgan fingerprint density at radius 1 is 1.36 bits per heavy atom. The van der Waals surface area contributed by atoms with Gasteiger partial charge in [-0.05, 0) is 19.3 Å². The molecule has 3 saturated heterocycles. The number of piperidine rings is 1. The number of aliphatic hydroxyl groups is 1. The number of nitrogens with two attached hydrogens (primary N) is 1. The Kier molecular flexibility index (Phi) is 6.88.